The molecule has 1 fully saturated rings. The number of likely N-dealkylation sites (N-methyl/N-ethyl adjacent to an activating group) is 1. The molecular weight excluding hydrogens is 131 g/mol. The molecule has 2 atom stereocenters. The van der Waals surface area contributed by atoms with Gasteiger partial charge in [-0.05, 0) is 19.9 Å². The Kier molecular flexibility index (Phi) is 2.63. The van der Waals surface area contributed by atoms with Crippen molar-refractivity contribution in [3.8, 4) is 0 Å². The summed E-state index contributed by atoms with van der Waals surface area (Å²) >= 11 is 0. The van der Waals surface area contributed by atoms with Gasteiger partial charge in [-0.25, -0.2) is 4.39 Å². The summed E-state index contributed by atoms with van der Waals surface area (Å²) in [4.78, 5) is 2.01. The molecule has 1 aliphatic heterocycles. The minimum absolute atomic E-state index is 0.125. The van der Waals surface area contributed by atoms with Crippen molar-refractivity contribution in [2.24, 2.45) is 5.73 Å². The number of nitrogens with zero attached hydrogens (tertiary/aromatic N) is 1. The van der Waals surface area contributed by atoms with Crippen LogP contribution in [0.15, 0.2) is 0 Å². The molecule has 2 unspecified atom stereocenters. The summed E-state index contributed by atoms with van der Waals surface area (Å²) in [5, 5.41) is 0. The van der Waals surface area contributed by atoms with E-state index >= 15 is 0 Å². The van der Waals surface area contributed by atoms with Gasteiger partial charge in [0.15, 0.2) is 0 Å². The van der Waals surface area contributed by atoms with Crippen LogP contribution in [0, 0.1) is 0 Å². The van der Waals surface area contributed by atoms with Crippen molar-refractivity contribution in [2.45, 2.75) is 24.9 Å². The van der Waals surface area contributed by atoms with E-state index in [1.165, 1.54) is 0 Å². The van der Waals surface area contributed by atoms with Crippen LogP contribution in [0.1, 0.15) is 12.8 Å². The number of alkyl halides is 1. The molecule has 1 aliphatic rings. The van der Waals surface area contributed by atoms with Gasteiger partial charge in [-0.3, -0.25) is 4.90 Å². The third kappa shape index (κ3) is 1.67. The highest BCUT2D eigenvalue weighted by Crippen LogP contribution is 2.14. The van der Waals surface area contributed by atoms with Crippen LogP contribution in [0.5, 0.6) is 0 Å². The first-order chi connectivity index (χ1) is 4.74. The predicted octanol–water partition coefficient (Wildman–Crippen LogP) is 0.377. The molecule has 2 N–H and O–H groups in total. The van der Waals surface area contributed by atoms with Crippen molar-refractivity contribution in [1.29, 1.82) is 0 Å². The van der Waals surface area contributed by atoms with Gasteiger partial charge in [-0.15, -0.1) is 0 Å². The Morgan fingerprint density at radius 3 is 2.80 bits per heavy atom. The van der Waals surface area contributed by atoms with Crippen LogP contribution in [0.25, 0.3) is 0 Å². The lowest BCUT2D eigenvalue weighted by Crippen LogP contribution is -2.47. The van der Waals surface area contributed by atoms with Gasteiger partial charge in [-0.2, -0.15) is 0 Å². The first kappa shape index (κ1) is 7.95. The number of piperidine rings is 1. The molecule has 0 amide bonds. The van der Waals surface area contributed by atoms with E-state index in [0.29, 0.717) is 0 Å². The van der Waals surface area contributed by atoms with Gasteiger partial charge in [0.1, 0.15) is 6.67 Å². The molecule has 2 nitrogen and oxygen atoms in total. The van der Waals surface area contributed by atoms with Crippen molar-refractivity contribution in [2.75, 3.05) is 20.3 Å². The van der Waals surface area contributed by atoms with Gasteiger partial charge in [0.2, 0.25) is 0 Å². The molecule has 10 heavy (non-hydrogen) atoms. The Morgan fingerprint density at radius 1 is 1.60 bits per heavy atom. The fraction of sp³-hybridized carbons (Fsp3) is 1.00. The first-order valence-electron chi connectivity index (χ1n) is 3.76. The van der Waals surface area contributed by atoms with Gasteiger partial charge < -0.3 is 5.73 Å². The van der Waals surface area contributed by atoms with Crippen molar-refractivity contribution >= 4 is 0 Å². The highest BCUT2D eigenvalue weighted by molar-refractivity contribution is 4.80. The van der Waals surface area contributed by atoms with E-state index in [2.05, 4.69) is 0 Å². The Bertz CT molecular complexity index is 108. The van der Waals surface area contributed by atoms with E-state index in [9.17, 15) is 4.39 Å². The van der Waals surface area contributed by atoms with E-state index in [4.69, 9.17) is 5.73 Å². The Labute approximate surface area is 61.2 Å². The quantitative estimate of drug-likeness (QED) is 0.579. The number of hydrogen-bond donors (Lipinski definition) is 1. The minimum atomic E-state index is -0.233. The number of rotatable bonds is 1. The Morgan fingerprint density at radius 2 is 2.30 bits per heavy atom. The summed E-state index contributed by atoms with van der Waals surface area (Å²) < 4.78 is 12.2. The molecule has 0 saturated carbocycles. The zero-order chi connectivity index (χ0) is 7.56. The number of halogens is 1. The standard InChI is InChI=1S/C7H15FN2/c1-10-5-6(9)2-3-7(10)4-8/h6-7H,2-5,9H2,1H3. The molecule has 0 aromatic carbocycles. The molecule has 0 radical (unpaired) electrons. The smallest absolute Gasteiger partial charge is 0.105 e. The van der Waals surface area contributed by atoms with Crippen LogP contribution in [-0.4, -0.2) is 37.3 Å². The Balaban J connectivity index is 2.36. The maximum absolute atomic E-state index is 12.2. The maximum Gasteiger partial charge on any atom is 0.105 e. The summed E-state index contributed by atoms with van der Waals surface area (Å²) in [5.74, 6) is 0. The van der Waals surface area contributed by atoms with E-state index in [1.807, 2.05) is 11.9 Å². The summed E-state index contributed by atoms with van der Waals surface area (Å²) in [6.45, 7) is 0.609. The van der Waals surface area contributed by atoms with E-state index < -0.39 is 0 Å². The molecule has 3 heteroatoms. The number of likely N-dealkylation sites (tertiary alicyclic amines) is 1. The van der Waals surface area contributed by atoms with Gasteiger partial charge in [-0.1, -0.05) is 0 Å². The van der Waals surface area contributed by atoms with Gasteiger partial charge in [0, 0.05) is 18.6 Å². The monoisotopic (exact) mass is 146 g/mol. The zero-order valence-electron chi connectivity index (χ0n) is 6.39. The van der Waals surface area contributed by atoms with Crippen molar-refractivity contribution in [3.05, 3.63) is 0 Å². The van der Waals surface area contributed by atoms with Gasteiger partial charge >= 0.3 is 0 Å². The lowest BCUT2D eigenvalue weighted by atomic mass is 10.0. The van der Waals surface area contributed by atoms with E-state index in [-0.39, 0.29) is 18.8 Å². The molecule has 1 heterocycles. The van der Waals surface area contributed by atoms with Gasteiger partial charge in [0.05, 0.1) is 0 Å². The van der Waals surface area contributed by atoms with Crippen molar-refractivity contribution in [3.63, 3.8) is 0 Å². The SMILES string of the molecule is CN1CC(N)CCC1CF. The summed E-state index contributed by atoms with van der Waals surface area (Å²) in [6, 6.07) is 0.382. The molecule has 0 aromatic heterocycles. The van der Waals surface area contributed by atoms with Crippen LogP contribution >= 0.6 is 0 Å². The fourth-order valence-corrected chi connectivity index (χ4v) is 1.43. The molecule has 60 valence electrons. The molecule has 1 rings (SSSR count). The van der Waals surface area contributed by atoms with E-state index in [0.717, 1.165) is 19.4 Å². The first-order valence-corrected chi connectivity index (χ1v) is 3.76. The van der Waals surface area contributed by atoms with Crippen LogP contribution in [0.4, 0.5) is 4.39 Å². The molecule has 0 aromatic rings. The third-order valence-corrected chi connectivity index (χ3v) is 2.19. The second-order valence-corrected chi connectivity index (χ2v) is 3.09. The van der Waals surface area contributed by atoms with Crippen LogP contribution in [0.2, 0.25) is 0 Å². The lowest BCUT2D eigenvalue weighted by Gasteiger charge is -2.33. The summed E-state index contributed by atoms with van der Waals surface area (Å²) in [7, 11) is 1.93. The van der Waals surface area contributed by atoms with Crippen LogP contribution < -0.4 is 5.73 Å². The summed E-state index contributed by atoms with van der Waals surface area (Å²) in [6.07, 6.45) is 1.88. The summed E-state index contributed by atoms with van der Waals surface area (Å²) in [5.41, 5.74) is 5.68. The predicted molar refractivity (Wildman–Crippen MR) is 39.6 cm³/mol. The molecule has 1 saturated heterocycles. The molecular formula is C7H15FN2. The molecule has 0 bridgehead atoms. The average Bonchev–Trinajstić information content (AvgIpc) is 1.88. The third-order valence-electron chi connectivity index (χ3n) is 2.19. The van der Waals surface area contributed by atoms with Crippen LogP contribution in [-0.2, 0) is 0 Å². The fourth-order valence-electron chi connectivity index (χ4n) is 1.43. The molecule has 0 aliphatic carbocycles. The number of nitrogens with two attached hydrogens (primary N) is 1. The van der Waals surface area contributed by atoms with Crippen LogP contribution in [0.3, 0.4) is 0 Å². The highest BCUT2D eigenvalue weighted by Gasteiger charge is 2.22. The average molecular weight is 146 g/mol. The number of hydrogen-bond acceptors (Lipinski definition) is 2. The molecule has 0 spiro atoms. The second-order valence-electron chi connectivity index (χ2n) is 3.09. The van der Waals surface area contributed by atoms with Gasteiger partial charge in [0.25, 0.3) is 0 Å². The van der Waals surface area contributed by atoms with Crippen molar-refractivity contribution in [1.82, 2.24) is 4.90 Å². The largest absolute Gasteiger partial charge is 0.327 e. The normalized spacial score (nSPS) is 36.3. The maximum atomic E-state index is 12.2. The lowest BCUT2D eigenvalue weighted by molar-refractivity contribution is 0.141. The zero-order valence-corrected chi connectivity index (χ0v) is 6.39. The highest BCUT2D eigenvalue weighted by atomic mass is 19.1. The van der Waals surface area contributed by atoms with E-state index in [1.54, 1.807) is 0 Å². The van der Waals surface area contributed by atoms with Crippen molar-refractivity contribution < 1.29 is 4.39 Å². The Hall–Kier alpha value is -0.150. The topological polar surface area (TPSA) is 29.3 Å². The minimum Gasteiger partial charge on any atom is -0.327 e. The second kappa shape index (κ2) is 3.30.